The van der Waals surface area contributed by atoms with Crippen LogP contribution in [0.25, 0.3) is 0 Å². The third-order valence-corrected chi connectivity index (χ3v) is 3.57. The van der Waals surface area contributed by atoms with Gasteiger partial charge in [-0.05, 0) is 36.1 Å². The number of amides is 2. The quantitative estimate of drug-likeness (QED) is 0.624. The zero-order valence-corrected chi connectivity index (χ0v) is 15.3. The summed E-state index contributed by atoms with van der Waals surface area (Å²) in [5.74, 6) is -1.92. The molecule has 0 aliphatic carbocycles. The van der Waals surface area contributed by atoms with Crippen LogP contribution < -0.4 is 45.3 Å². The Morgan fingerprint density at radius 2 is 1.70 bits per heavy atom. The number of hydrogen-bond donors (Lipinski definition) is 2. The number of carbonyl (C=O) groups excluding carboxylic acids is 3. The number of rotatable bonds is 6. The Kier molecular flexibility index (Phi) is 7.97. The molecule has 0 aliphatic heterocycles. The molecule has 8 heteroatoms. The summed E-state index contributed by atoms with van der Waals surface area (Å²) in [6.07, 6.45) is -0.491. The fourth-order valence-electron chi connectivity index (χ4n) is 1.71. The third-order valence-electron chi connectivity index (χ3n) is 2.71. The minimum Gasteiger partial charge on any atom is -0.550 e. The molecule has 0 spiro atoms. The van der Waals surface area contributed by atoms with Crippen LogP contribution >= 0.6 is 11.3 Å². The number of aliphatic carboxylic acids is 1. The Hall–Kier alpha value is -1.67. The molecule has 114 valence electrons. The molecule has 1 aromatic heterocycles. The van der Waals surface area contributed by atoms with E-state index >= 15 is 0 Å². The number of thiophene rings is 1. The molecule has 0 radical (unpaired) electrons. The number of hydrogen-bond acceptors (Lipinski definition) is 5. The zero-order chi connectivity index (χ0) is 15.9. The van der Waals surface area contributed by atoms with E-state index in [2.05, 4.69) is 10.6 Å². The second-order valence-electron chi connectivity index (χ2n) is 4.43. The monoisotopic (exact) mass is 340 g/mol. The van der Waals surface area contributed by atoms with E-state index in [1.54, 1.807) is 36.4 Å². The molecule has 0 saturated heterocycles. The zero-order valence-electron chi connectivity index (χ0n) is 12.5. The van der Waals surface area contributed by atoms with Gasteiger partial charge in [-0.15, -0.1) is 11.3 Å². The van der Waals surface area contributed by atoms with Gasteiger partial charge in [0, 0.05) is 23.8 Å². The van der Waals surface area contributed by atoms with E-state index in [4.69, 9.17) is 0 Å². The molecule has 1 aromatic carbocycles. The standard InChI is InChI=1S/C15H14N2O4S.Na/c18-13(6-7-14(19)20)16-10-3-1-4-11(9-10)17-15(21)12-5-2-8-22-12;/h1-5,8-9H,6-7H2,(H,16,18)(H,17,21)(H,19,20);/q;+1/p-1. The Morgan fingerprint density at radius 1 is 1.00 bits per heavy atom. The Labute approximate surface area is 159 Å². The van der Waals surface area contributed by atoms with Crippen LogP contribution in [0.1, 0.15) is 22.5 Å². The largest absolute Gasteiger partial charge is 1.00 e. The van der Waals surface area contributed by atoms with E-state index in [1.807, 2.05) is 5.38 Å². The summed E-state index contributed by atoms with van der Waals surface area (Å²) >= 11 is 1.33. The van der Waals surface area contributed by atoms with Crippen molar-refractivity contribution < 1.29 is 49.0 Å². The van der Waals surface area contributed by atoms with Crippen molar-refractivity contribution in [3.05, 3.63) is 46.7 Å². The van der Waals surface area contributed by atoms with Crippen LogP contribution in [0.15, 0.2) is 41.8 Å². The molecule has 6 nitrogen and oxygen atoms in total. The summed E-state index contributed by atoms with van der Waals surface area (Å²) in [5, 5.41) is 17.4. The second kappa shape index (κ2) is 9.46. The maximum atomic E-state index is 11.9. The topological polar surface area (TPSA) is 98.3 Å². The Balaban J connectivity index is 0.00000264. The SMILES string of the molecule is O=C([O-])CCC(=O)Nc1cccc(NC(=O)c2cccs2)c1.[Na+]. The number of carbonyl (C=O) groups is 3. The van der Waals surface area contributed by atoms with E-state index in [0.717, 1.165) is 0 Å². The normalized spacial score (nSPS) is 9.57. The van der Waals surface area contributed by atoms with Gasteiger partial charge in [-0.2, -0.15) is 0 Å². The van der Waals surface area contributed by atoms with Gasteiger partial charge in [-0.1, -0.05) is 12.1 Å². The molecule has 0 bridgehead atoms. The first kappa shape index (κ1) is 19.4. The first-order chi connectivity index (χ1) is 10.5. The number of carboxylic acids is 1. The van der Waals surface area contributed by atoms with E-state index in [9.17, 15) is 19.5 Å². The van der Waals surface area contributed by atoms with E-state index < -0.39 is 11.9 Å². The first-order valence-corrected chi connectivity index (χ1v) is 7.37. The maximum absolute atomic E-state index is 11.9. The second-order valence-corrected chi connectivity index (χ2v) is 5.38. The van der Waals surface area contributed by atoms with Gasteiger partial charge in [0.1, 0.15) is 0 Å². The third kappa shape index (κ3) is 6.54. The molecule has 2 N–H and O–H groups in total. The Bertz CT molecular complexity index is 689. The average molecular weight is 340 g/mol. The molecule has 0 atom stereocenters. The van der Waals surface area contributed by atoms with Crippen LogP contribution in [-0.4, -0.2) is 17.8 Å². The van der Waals surface area contributed by atoms with Crippen LogP contribution in [0.4, 0.5) is 11.4 Å². The predicted molar refractivity (Wildman–Crippen MR) is 81.6 cm³/mol. The number of anilines is 2. The van der Waals surface area contributed by atoms with Crippen molar-refractivity contribution in [2.45, 2.75) is 12.8 Å². The first-order valence-electron chi connectivity index (χ1n) is 6.49. The van der Waals surface area contributed by atoms with Crippen LogP contribution in [0.5, 0.6) is 0 Å². The van der Waals surface area contributed by atoms with Crippen molar-refractivity contribution in [3.8, 4) is 0 Å². The fraction of sp³-hybridized carbons (Fsp3) is 0.133. The summed E-state index contributed by atoms with van der Waals surface area (Å²) in [5.41, 5.74) is 1.02. The molecule has 0 aliphatic rings. The molecular weight excluding hydrogens is 327 g/mol. The number of carboxylic acid groups (broad SMARTS) is 1. The van der Waals surface area contributed by atoms with Crippen molar-refractivity contribution in [1.82, 2.24) is 0 Å². The van der Waals surface area contributed by atoms with Crippen molar-refractivity contribution in [2.75, 3.05) is 10.6 Å². The number of benzene rings is 1. The van der Waals surface area contributed by atoms with Crippen LogP contribution in [0, 0.1) is 0 Å². The summed E-state index contributed by atoms with van der Waals surface area (Å²) in [6, 6.07) is 10.1. The van der Waals surface area contributed by atoms with Crippen molar-refractivity contribution in [3.63, 3.8) is 0 Å². The van der Waals surface area contributed by atoms with Crippen molar-refractivity contribution in [1.29, 1.82) is 0 Å². The molecule has 23 heavy (non-hydrogen) atoms. The van der Waals surface area contributed by atoms with Gasteiger partial charge in [0.25, 0.3) is 5.91 Å². The van der Waals surface area contributed by atoms with Crippen LogP contribution in [0.3, 0.4) is 0 Å². The molecule has 2 amide bonds. The van der Waals surface area contributed by atoms with Crippen LogP contribution in [0.2, 0.25) is 0 Å². The summed E-state index contributed by atoms with van der Waals surface area (Å²) < 4.78 is 0. The summed E-state index contributed by atoms with van der Waals surface area (Å²) in [4.78, 5) is 34.4. The predicted octanol–water partition coefficient (Wildman–Crippen LogP) is -1.53. The molecule has 2 rings (SSSR count). The summed E-state index contributed by atoms with van der Waals surface area (Å²) in [7, 11) is 0. The van der Waals surface area contributed by atoms with Crippen molar-refractivity contribution >= 4 is 40.5 Å². The molecule has 0 saturated carbocycles. The maximum Gasteiger partial charge on any atom is 1.00 e. The molecular formula is C15H13N2NaO4S. The fourth-order valence-corrected chi connectivity index (χ4v) is 2.33. The average Bonchev–Trinajstić information content (AvgIpc) is 3.00. The van der Waals surface area contributed by atoms with E-state index in [-0.39, 0.29) is 48.3 Å². The van der Waals surface area contributed by atoms with Gasteiger partial charge in [-0.25, -0.2) is 0 Å². The van der Waals surface area contributed by atoms with Gasteiger partial charge >= 0.3 is 29.6 Å². The van der Waals surface area contributed by atoms with Gasteiger partial charge in [-0.3, -0.25) is 9.59 Å². The van der Waals surface area contributed by atoms with Gasteiger partial charge in [0.2, 0.25) is 5.91 Å². The smallest absolute Gasteiger partial charge is 0.550 e. The van der Waals surface area contributed by atoms with Gasteiger partial charge in [0.15, 0.2) is 0 Å². The van der Waals surface area contributed by atoms with Gasteiger partial charge < -0.3 is 20.5 Å². The number of nitrogens with one attached hydrogen (secondary N) is 2. The summed E-state index contributed by atoms with van der Waals surface area (Å²) in [6.45, 7) is 0. The Morgan fingerprint density at radius 3 is 2.30 bits per heavy atom. The van der Waals surface area contributed by atoms with E-state index in [0.29, 0.717) is 16.3 Å². The minimum absolute atomic E-state index is 0. The molecule has 1 heterocycles. The van der Waals surface area contributed by atoms with Crippen LogP contribution in [-0.2, 0) is 9.59 Å². The van der Waals surface area contributed by atoms with Gasteiger partial charge in [0.05, 0.1) is 4.88 Å². The van der Waals surface area contributed by atoms with Crippen molar-refractivity contribution in [2.24, 2.45) is 0 Å². The van der Waals surface area contributed by atoms with E-state index in [1.165, 1.54) is 11.3 Å². The minimum atomic E-state index is -1.27. The molecule has 2 aromatic rings. The molecule has 0 fully saturated rings. The molecule has 0 unspecified atom stereocenters.